The van der Waals surface area contributed by atoms with E-state index < -0.39 is 48.4 Å². The van der Waals surface area contributed by atoms with Crippen molar-refractivity contribution in [1.29, 1.82) is 0 Å². The van der Waals surface area contributed by atoms with Crippen molar-refractivity contribution in [3.05, 3.63) is 35.9 Å². The summed E-state index contributed by atoms with van der Waals surface area (Å²) in [7, 11) is 0. The molecule has 2 heterocycles. The Labute approximate surface area is 164 Å². The van der Waals surface area contributed by atoms with Crippen molar-refractivity contribution in [2.75, 3.05) is 6.61 Å². The van der Waals surface area contributed by atoms with E-state index in [-0.39, 0.29) is 6.61 Å². The summed E-state index contributed by atoms with van der Waals surface area (Å²) < 4.78 is 34.3. The number of rotatable bonds is 7. The normalized spacial score (nSPS) is 29.1. The maximum Gasteiger partial charge on any atom is 0.303 e. The fourth-order valence-corrected chi connectivity index (χ4v) is 3.37. The van der Waals surface area contributed by atoms with Crippen molar-refractivity contribution in [3.63, 3.8) is 0 Å². The Balaban J connectivity index is 1.77. The number of hydrogen-bond donors (Lipinski definition) is 0. The quantitative estimate of drug-likeness (QED) is 0.648. The highest BCUT2D eigenvalue weighted by molar-refractivity contribution is 5.67. The molecule has 2 fully saturated rings. The fourth-order valence-electron chi connectivity index (χ4n) is 3.37. The lowest BCUT2D eigenvalue weighted by atomic mass is 10.1. The average Bonchev–Trinajstić information content (AvgIpc) is 3.09. The number of hydrogen-bond acceptors (Lipinski definition) is 8. The highest BCUT2D eigenvalue weighted by atomic mass is 16.8. The van der Waals surface area contributed by atoms with Gasteiger partial charge in [0.05, 0.1) is 6.61 Å². The number of benzene rings is 1. The van der Waals surface area contributed by atoms with Crippen molar-refractivity contribution in [2.24, 2.45) is 0 Å². The minimum atomic E-state index is -0.844. The van der Waals surface area contributed by atoms with Gasteiger partial charge in [-0.25, -0.2) is 0 Å². The van der Waals surface area contributed by atoms with E-state index in [9.17, 15) is 9.59 Å². The van der Waals surface area contributed by atoms with Gasteiger partial charge in [0.25, 0.3) is 0 Å². The van der Waals surface area contributed by atoms with Crippen LogP contribution < -0.4 is 0 Å². The van der Waals surface area contributed by atoms with Crippen LogP contribution in [-0.4, -0.2) is 55.0 Å². The van der Waals surface area contributed by atoms with Crippen molar-refractivity contribution in [1.82, 2.24) is 0 Å². The first-order valence-electron chi connectivity index (χ1n) is 9.22. The lowest BCUT2D eigenvalue weighted by molar-refractivity contribution is -0.236. The molecule has 0 aromatic heterocycles. The lowest BCUT2D eigenvalue weighted by Crippen LogP contribution is -2.46. The Hall–Kier alpha value is -2.00. The summed E-state index contributed by atoms with van der Waals surface area (Å²) in [6.45, 7) is 6.33. The fraction of sp³-hybridized carbons (Fsp3) is 0.600. The van der Waals surface area contributed by atoms with Gasteiger partial charge in [-0.15, -0.1) is 0 Å². The summed E-state index contributed by atoms with van der Waals surface area (Å²) >= 11 is 0. The molecular weight excluding hydrogens is 368 g/mol. The van der Waals surface area contributed by atoms with Gasteiger partial charge in [0.15, 0.2) is 18.2 Å². The maximum atomic E-state index is 11.6. The van der Waals surface area contributed by atoms with Crippen LogP contribution in [0.3, 0.4) is 0 Å². The van der Waals surface area contributed by atoms with Crippen molar-refractivity contribution in [3.8, 4) is 0 Å². The predicted molar refractivity (Wildman–Crippen MR) is 95.9 cm³/mol. The van der Waals surface area contributed by atoms with E-state index in [0.717, 1.165) is 5.56 Å². The van der Waals surface area contributed by atoms with Crippen LogP contribution in [-0.2, 0) is 44.6 Å². The Morgan fingerprint density at radius 3 is 2.46 bits per heavy atom. The maximum absolute atomic E-state index is 11.6. The second-order valence-electron chi connectivity index (χ2n) is 7.28. The zero-order valence-corrected chi connectivity index (χ0v) is 16.5. The third-order valence-corrected chi connectivity index (χ3v) is 4.45. The molecule has 5 atom stereocenters. The Morgan fingerprint density at radius 2 is 1.82 bits per heavy atom. The second kappa shape index (κ2) is 8.57. The molecule has 0 bridgehead atoms. The molecule has 2 aliphatic rings. The molecule has 0 amide bonds. The van der Waals surface area contributed by atoms with E-state index in [2.05, 4.69) is 0 Å². The van der Waals surface area contributed by atoms with E-state index in [1.807, 2.05) is 30.3 Å². The molecule has 0 aliphatic carbocycles. The lowest BCUT2D eigenvalue weighted by Gasteiger charge is -2.30. The van der Waals surface area contributed by atoms with Gasteiger partial charge in [-0.2, -0.15) is 0 Å². The van der Waals surface area contributed by atoms with Crippen LogP contribution in [0.2, 0.25) is 0 Å². The number of esters is 2. The first kappa shape index (κ1) is 20.7. The topological polar surface area (TPSA) is 89.5 Å². The van der Waals surface area contributed by atoms with Crippen LogP contribution in [0.1, 0.15) is 33.3 Å². The molecule has 28 heavy (non-hydrogen) atoms. The molecule has 8 nitrogen and oxygen atoms in total. The molecular formula is C20H26O8. The first-order valence-corrected chi connectivity index (χ1v) is 9.22. The van der Waals surface area contributed by atoms with Crippen LogP contribution in [0.4, 0.5) is 0 Å². The molecule has 8 heteroatoms. The Kier molecular flexibility index (Phi) is 6.34. The van der Waals surface area contributed by atoms with E-state index in [1.165, 1.54) is 13.8 Å². The SMILES string of the molecule is CC(=O)OCC(OC(C)=O)C1OC2OC(C)(C)OC2C1OCc1ccccc1. The summed E-state index contributed by atoms with van der Waals surface area (Å²) in [4.78, 5) is 22.8. The van der Waals surface area contributed by atoms with Gasteiger partial charge in [0.2, 0.25) is 0 Å². The van der Waals surface area contributed by atoms with Crippen LogP contribution in [0.15, 0.2) is 30.3 Å². The highest BCUT2D eigenvalue weighted by Gasteiger charge is 2.58. The van der Waals surface area contributed by atoms with E-state index in [0.29, 0.717) is 6.61 Å². The summed E-state index contributed by atoms with van der Waals surface area (Å²) in [5.41, 5.74) is 0.979. The zero-order valence-electron chi connectivity index (χ0n) is 16.5. The van der Waals surface area contributed by atoms with Gasteiger partial charge in [-0.1, -0.05) is 30.3 Å². The first-order chi connectivity index (χ1) is 13.2. The third-order valence-electron chi connectivity index (χ3n) is 4.45. The largest absolute Gasteiger partial charge is 0.462 e. The molecule has 0 spiro atoms. The standard InChI is InChI=1S/C20H26O8/c1-12(21)23-11-15(25-13(2)22)16-17(24-10-14-8-6-5-7-9-14)18-19(26-16)28-20(3,4)27-18/h5-9,15-19H,10-11H2,1-4H3. The molecule has 5 unspecified atom stereocenters. The van der Waals surface area contributed by atoms with Crippen LogP contribution >= 0.6 is 0 Å². The van der Waals surface area contributed by atoms with E-state index in [4.69, 9.17) is 28.4 Å². The zero-order chi connectivity index (χ0) is 20.3. The molecule has 0 N–H and O–H groups in total. The minimum absolute atomic E-state index is 0.145. The van der Waals surface area contributed by atoms with Crippen molar-refractivity contribution < 1.29 is 38.0 Å². The van der Waals surface area contributed by atoms with Gasteiger partial charge >= 0.3 is 11.9 Å². The molecule has 0 saturated carbocycles. The van der Waals surface area contributed by atoms with Crippen molar-refractivity contribution >= 4 is 11.9 Å². The summed E-state index contributed by atoms with van der Waals surface area (Å²) in [6, 6.07) is 9.66. The molecule has 2 saturated heterocycles. The van der Waals surface area contributed by atoms with Crippen molar-refractivity contribution in [2.45, 2.75) is 70.8 Å². The molecule has 154 valence electrons. The number of fused-ring (bicyclic) bond motifs is 1. The molecule has 1 aromatic rings. The highest BCUT2D eigenvalue weighted by Crippen LogP contribution is 2.40. The third kappa shape index (κ3) is 5.08. The molecule has 2 aliphatic heterocycles. The van der Waals surface area contributed by atoms with Gasteiger partial charge in [0.1, 0.15) is 24.9 Å². The summed E-state index contributed by atoms with van der Waals surface area (Å²) in [5.74, 6) is -1.81. The monoisotopic (exact) mass is 394 g/mol. The van der Waals surface area contributed by atoms with Crippen LogP contribution in [0.25, 0.3) is 0 Å². The summed E-state index contributed by atoms with van der Waals surface area (Å²) in [6.07, 6.45) is -3.30. The second-order valence-corrected chi connectivity index (χ2v) is 7.28. The Morgan fingerprint density at radius 1 is 1.11 bits per heavy atom. The minimum Gasteiger partial charge on any atom is -0.462 e. The number of ether oxygens (including phenoxy) is 6. The number of carbonyl (C=O) groups is 2. The van der Waals surface area contributed by atoms with Gasteiger partial charge in [-0.3, -0.25) is 9.59 Å². The molecule has 1 aromatic carbocycles. The van der Waals surface area contributed by atoms with Crippen LogP contribution in [0, 0.1) is 0 Å². The summed E-state index contributed by atoms with van der Waals surface area (Å²) in [5, 5.41) is 0. The predicted octanol–water partition coefficient (Wildman–Crippen LogP) is 1.94. The van der Waals surface area contributed by atoms with Gasteiger partial charge in [-0.05, 0) is 19.4 Å². The van der Waals surface area contributed by atoms with Crippen LogP contribution in [0.5, 0.6) is 0 Å². The molecule has 0 radical (unpaired) electrons. The van der Waals surface area contributed by atoms with E-state index >= 15 is 0 Å². The van der Waals surface area contributed by atoms with Gasteiger partial charge in [0, 0.05) is 13.8 Å². The number of carbonyl (C=O) groups excluding carboxylic acids is 2. The Bertz CT molecular complexity index is 689. The molecule has 3 rings (SSSR count). The average molecular weight is 394 g/mol. The smallest absolute Gasteiger partial charge is 0.303 e. The van der Waals surface area contributed by atoms with E-state index in [1.54, 1.807) is 13.8 Å². The van der Waals surface area contributed by atoms with Gasteiger partial charge < -0.3 is 28.4 Å².